The maximum absolute atomic E-state index is 10.6. The zero-order valence-corrected chi connectivity index (χ0v) is 6.09. The Labute approximate surface area is 59.9 Å². The molecule has 0 N–H and O–H groups in total. The van der Waals surface area contributed by atoms with Crippen LogP contribution in [0, 0.1) is 0 Å². The van der Waals surface area contributed by atoms with Crippen molar-refractivity contribution >= 4 is 5.97 Å². The monoisotopic (exact) mass is 142 g/mol. The molecule has 0 unspecified atom stereocenters. The molecule has 0 spiro atoms. The van der Waals surface area contributed by atoms with Crippen LogP contribution in [-0.2, 0) is 14.3 Å². The van der Waals surface area contributed by atoms with Gasteiger partial charge in [-0.3, -0.25) is 0 Å². The topological polar surface area (TPSA) is 35.5 Å². The van der Waals surface area contributed by atoms with Crippen LogP contribution < -0.4 is 0 Å². The van der Waals surface area contributed by atoms with E-state index in [1.54, 1.807) is 6.92 Å². The van der Waals surface area contributed by atoms with Gasteiger partial charge in [0.1, 0.15) is 12.5 Å². The van der Waals surface area contributed by atoms with E-state index in [1.807, 2.05) is 0 Å². The summed E-state index contributed by atoms with van der Waals surface area (Å²) in [6, 6.07) is 0. The molecule has 0 aliphatic heterocycles. The maximum Gasteiger partial charge on any atom is 0.338 e. The van der Waals surface area contributed by atoms with Gasteiger partial charge in [-0.2, -0.15) is 0 Å². The molecule has 3 nitrogen and oxygen atoms in total. The van der Waals surface area contributed by atoms with E-state index in [0.717, 1.165) is 6.26 Å². The first-order valence-electron chi connectivity index (χ1n) is 2.72. The number of esters is 1. The van der Waals surface area contributed by atoms with Crippen molar-refractivity contribution in [2.45, 2.75) is 6.92 Å². The van der Waals surface area contributed by atoms with Crippen LogP contribution in [0.2, 0.25) is 0 Å². The zero-order chi connectivity index (χ0) is 7.98. The quantitative estimate of drug-likeness (QED) is 0.337. The molecule has 0 aliphatic carbocycles. The summed E-state index contributed by atoms with van der Waals surface area (Å²) in [7, 11) is 1.46. The first kappa shape index (κ1) is 8.75. The summed E-state index contributed by atoms with van der Waals surface area (Å²) in [5.74, 6) is -0.451. The SMILES string of the molecule is C=C(C)C(=O)OC=COC. The first-order valence-corrected chi connectivity index (χ1v) is 2.72. The second-order valence-electron chi connectivity index (χ2n) is 1.69. The molecule has 3 heteroatoms. The van der Waals surface area contributed by atoms with E-state index >= 15 is 0 Å². The number of rotatable bonds is 3. The van der Waals surface area contributed by atoms with Gasteiger partial charge in [-0.05, 0) is 6.92 Å². The fourth-order valence-electron chi connectivity index (χ4n) is 0.246. The van der Waals surface area contributed by atoms with Crippen molar-refractivity contribution in [3.8, 4) is 0 Å². The molecular formula is C7H10O3. The van der Waals surface area contributed by atoms with Gasteiger partial charge in [-0.25, -0.2) is 4.79 Å². The molecule has 0 atom stereocenters. The van der Waals surface area contributed by atoms with Gasteiger partial charge >= 0.3 is 5.97 Å². The second kappa shape index (κ2) is 4.61. The average Bonchev–Trinajstić information content (AvgIpc) is 1.88. The van der Waals surface area contributed by atoms with Crippen molar-refractivity contribution < 1.29 is 14.3 Å². The molecular weight excluding hydrogens is 132 g/mol. The van der Waals surface area contributed by atoms with Crippen molar-refractivity contribution in [1.29, 1.82) is 0 Å². The van der Waals surface area contributed by atoms with Gasteiger partial charge in [0.15, 0.2) is 0 Å². The van der Waals surface area contributed by atoms with Crippen LogP contribution in [0.25, 0.3) is 0 Å². The molecule has 0 aliphatic rings. The minimum absolute atomic E-state index is 0.362. The molecule has 0 amide bonds. The molecule has 0 saturated carbocycles. The van der Waals surface area contributed by atoms with Gasteiger partial charge in [0.2, 0.25) is 0 Å². The molecule has 0 aromatic rings. The molecule has 0 saturated heterocycles. The number of methoxy groups -OCH3 is 1. The molecule has 0 fully saturated rings. The summed E-state index contributed by atoms with van der Waals surface area (Å²) < 4.78 is 8.98. The smallest absolute Gasteiger partial charge is 0.338 e. The Balaban J connectivity index is 3.60. The summed E-state index contributed by atoms with van der Waals surface area (Å²) >= 11 is 0. The average molecular weight is 142 g/mol. The van der Waals surface area contributed by atoms with E-state index < -0.39 is 5.97 Å². The highest BCUT2D eigenvalue weighted by Crippen LogP contribution is 1.91. The van der Waals surface area contributed by atoms with Crippen molar-refractivity contribution in [3.63, 3.8) is 0 Å². The number of ether oxygens (including phenoxy) is 2. The largest absolute Gasteiger partial charge is 0.501 e. The lowest BCUT2D eigenvalue weighted by molar-refractivity contribution is -0.133. The molecule has 0 radical (unpaired) electrons. The van der Waals surface area contributed by atoms with Gasteiger partial charge in [-0.1, -0.05) is 6.58 Å². The number of carbonyl (C=O) groups excluding carboxylic acids is 1. The highest BCUT2D eigenvalue weighted by molar-refractivity contribution is 5.87. The molecule has 0 heterocycles. The van der Waals surface area contributed by atoms with E-state index in [1.165, 1.54) is 13.4 Å². The molecule has 56 valence electrons. The van der Waals surface area contributed by atoms with Crippen molar-refractivity contribution in [2.24, 2.45) is 0 Å². The third kappa shape index (κ3) is 3.72. The predicted octanol–water partition coefficient (Wildman–Crippen LogP) is 1.22. The lowest BCUT2D eigenvalue weighted by Crippen LogP contribution is -1.98. The van der Waals surface area contributed by atoms with E-state index in [2.05, 4.69) is 16.1 Å². The summed E-state index contributed by atoms with van der Waals surface area (Å²) in [6.07, 6.45) is 2.43. The Morgan fingerprint density at radius 1 is 1.50 bits per heavy atom. The van der Waals surface area contributed by atoms with Gasteiger partial charge in [-0.15, -0.1) is 0 Å². The van der Waals surface area contributed by atoms with Crippen LogP contribution in [0.5, 0.6) is 0 Å². The van der Waals surface area contributed by atoms with Gasteiger partial charge in [0, 0.05) is 5.57 Å². The van der Waals surface area contributed by atoms with Crippen LogP contribution in [0.3, 0.4) is 0 Å². The van der Waals surface area contributed by atoms with Crippen LogP contribution >= 0.6 is 0 Å². The Hall–Kier alpha value is -1.25. The van der Waals surface area contributed by atoms with Crippen molar-refractivity contribution in [3.05, 3.63) is 24.7 Å². The Morgan fingerprint density at radius 2 is 2.10 bits per heavy atom. The Kier molecular flexibility index (Phi) is 4.04. The van der Waals surface area contributed by atoms with Crippen LogP contribution in [0.15, 0.2) is 24.7 Å². The lowest BCUT2D eigenvalue weighted by Gasteiger charge is -1.94. The minimum Gasteiger partial charge on any atom is -0.501 e. The summed E-state index contributed by atoms with van der Waals surface area (Å²) in [5.41, 5.74) is 0.362. The fourth-order valence-corrected chi connectivity index (χ4v) is 0.246. The molecule has 10 heavy (non-hydrogen) atoms. The Bertz CT molecular complexity index is 158. The van der Waals surface area contributed by atoms with E-state index in [0.29, 0.717) is 5.57 Å². The number of carbonyl (C=O) groups is 1. The van der Waals surface area contributed by atoms with Crippen LogP contribution in [0.1, 0.15) is 6.92 Å². The summed E-state index contributed by atoms with van der Waals surface area (Å²) in [6.45, 7) is 4.96. The minimum atomic E-state index is -0.451. The van der Waals surface area contributed by atoms with E-state index in [4.69, 9.17) is 0 Å². The third-order valence-electron chi connectivity index (χ3n) is 0.715. The van der Waals surface area contributed by atoms with Crippen LogP contribution in [0.4, 0.5) is 0 Å². The van der Waals surface area contributed by atoms with Gasteiger partial charge < -0.3 is 9.47 Å². The summed E-state index contributed by atoms with van der Waals surface area (Å²) in [5, 5.41) is 0. The lowest BCUT2D eigenvalue weighted by atomic mass is 10.4. The van der Waals surface area contributed by atoms with Crippen LogP contribution in [-0.4, -0.2) is 13.1 Å². The molecule has 0 aromatic carbocycles. The fraction of sp³-hybridized carbons (Fsp3) is 0.286. The predicted molar refractivity (Wildman–Crippen MR) is 37.1 cm³/mol. The van der Waals surface area contributed by atoms with Gasteiger partial charge in [0.05, 0.1) is 7.11 Å². The zero-order valence-electron chi connectivity index (χ0n) is 6.09. The molecule has 0 bridgehead atoms. The number of hydrogen-bond donors (Lipinski definition) is 0. The summed E-state index contributed by atoms with van der Waals surface area (Å²) in [4.78, 5) is 10.6. The van der Waals surface area contributed by atoms with E-state index in [-0.39, 0.29) is 0 Å². The standard InChI is InChI=1S/C7H10O3/c1-6(2)7(8)10-5-4-9-3/h4-5H,1H2,2-3H3. The number of hydrogen-bond acceptors (Lipinski definition) is 3. The highest BCUT2D eigenvalue weighted by Gasteiger charge is 1.98. The highest BCUT2D eigenvalue weighted by atomic mass is 16.5. The van der Waals surface area contributed by atoms with Gasteiger partial charge in [0.25, 0.3) is 0 Å². The van der Waals surface area contributed by atoms with Crippen molar-refractivity contribution in [1.82, 2.24) is 0 Å². The normalized spacial score (nSPS) is 9.40. The van der Waals surface area contributed by atoms with Crippen molar-refractivity contribution in [2.75, 3.05) is 7.11 Å². The van der Waals surface area contributed by atoms with E-state index in [9.17, 15) is 4.79 Å². The third-order valence-corrected chi connectivity index (χ3v) is 0.715. The second-order valence-corrected chi connectivity index (χ2v) is 1.69. The Morgan fingerprint density at radius 3 is 2.50 bits per heavy atom. The first-order chi connectivity index (χ1) is 4.68. The molecule has 0 aromatic heterocycles. The maximum atomic E-state index is 10.6. The molecule has 0 rings (SSSR count).